The van der Waals surface area contributed by atoms with Crippen molar-refractivity contribution in [1.82, 2.24) is 0 Å². The Kier molecular flexibility index (Phi) is 6.19. The van der Waals surface area contributed by atoms with E-state index in [-0.39, 0.29) is 6.42 Å². The Morgan fingerprint density at radius 1 is 1.37 bits per heavy atom. The second-order valence-electron chi connectivity index (χ2n) is 4.88. The highest BCUT2D eigenvalue weighted by atomic mass is 16.5. The first-order chi connectivity index (χ1) is 9.04. The number of para-hydroxylation sites is 2. The van der Waals surface area contributed by atoms with Crippen LogP contribution in [0.15, 0.2) is 24.3 Å². The molecular weight excluding hydrogens is 242 g/mol. The zero-order valence-electron chi connectivity index (χ0n) is 11.9. The van der Waals surface area contributed by atoms with Gasteiger partial charge in [-0.1, -0.05) is 26.0 Å². The standard InChI is InChI=1S/C15H23NO3/c1-4-19-14-8-6-5-7-13(14)16(11-12(2)3)10-9-15(17)18/h5-8,12H,4,9-11H2,1-3H3,(H,17,18). The van der Waals surface area contributed by atoms with E-state index in [1.165, 1.54) is 0 Å². The van der Waals surface area contributed by atoms with Crippen molar-refractivity contribution in [2.45, 2.75) is 27.2 Å². The van der Waals surface area contributed by atoms with Crippen LogP contribution >= 0.6 is 0 Å². The van der Waals surface area contributed by atoms with E-state index >= 15 is 0 Å². The van der Waals surface area contributed by atoms with Gasteiger partial charge in [0.1, 0.15) is 5.75 Å². The minimum atomic E-state index is -0.775. The number of aliphatic carboxylic acids is 1. The Morgan fingerprint density at radius 3 is 2.63 bits per heavy atom. The Bertz CT molecular complexity index is 404. The summed E-state index contributed by atoms with van der Waals surface area (Å²) in [6.07, 6.45) is 0.132. The topological polar surface area (TPSA) is 49.8 Å². The fourth-order valence-electron chi connectivity index (χ4n) is 1.98. The third kappa shape index (κ3) is 5.20. The lowest BCUT2D eigenvalue weighted by Crippen LogP contribution is -2.30. The molecule has 0 amide bonds. The molecule has 1 aromatic rings. The molecule has 0 heterocycles. The smallest absolute Gasteiger partial charge is 0.305 e. The van der Waals surface area contributed by atoms with E-state index in [1.54, 1.807) is 0 Å². The zero-order chi connectivity index (χ0) is 14.3. The van der Waals surface area contributed by atoms with Crippen LogP contribution in [0.5, 0.6) is 5.75 Å². The van der Waals surface area contributed by atoms with Crippen molar-refractivity contribution >= 4 is 11.7 Å². The predicted octanol–water partition coefficient (Wildman–Crippen LogP) is 3.02. The number of hydrogen-bond donors (Lipinski definition) is 1. The first kappa shape index (κ1) is 15.3. The number of ether oxygens (including phenoxy) is 1. The summed E-state index contributed by atoms with van der Waals surface area (Å²) in [5.41, 5.74) is 0.972. The fraction of sp³-hybridized carbons (Fsp3) is 0.533. The molecular formula is C15H23NO3. The average Bonchev–Trinajstić information content (AvgIpc) is 2.35. The van der Waals surface area contributed by atoms with Crippen LogP contribution in [-0.4, -0.2) is 30.8 Å². The van der Waals surface area contributed by atoms with Gasteiger partial charge >= 0.3 is 5.97 Å². The van der Waals surface area contributed by atoms with Gasteiger partial charge < -0.3 is 14.7 Å². The van der Waals surface area contributed by atoms with Gasteiger partial charge in [0, 0.05) is 13.1 Å². The van der Waals surface area contributed by atoms with E-state index in [0.29, 0.717) is 19.1 Å². The lowest BCUT2D eigenvalue weighted by Gasteiger charge is -2.28. The normalized spacial score (nSPS) is 10.5. The second kappa shape index (κ2) is 7.67. The molecule has 106 valence electrons. The van der Waals surface area contributed by atoms with Crippen molar-refractivity contribution in [3.05, 3.63) is 24.3 Å². The predicted molar refractivity (Wildman–Crippen MR) is 76.9 cm³/mol. The van der Waals surface area contributed by atoms with E-state index in [0.717, 1.165) is 18.0 Å². The third-order valence-corrected chi connectivity index (χ3v) is 2.69. The largest absolute Gasteiger partial charge is 0.492 e. The SMILES string of the molecule is CCOc1ccccc1N(CCC(=O)O)CC(C)C. The number of hydrogen-bond acceptors (Lipinski definition) is 3. The van der Waals surface area contributed by atoms with E-state index in [9.17, 15) is 4.79 Å². The number of carbonyl (C=O) groups is 1. The minimum absolute atomic E-state index is 0.132. The fourth-order valence-corrected chi connectivity index (χ4v) is 1.98. The van der Waals surface area contributed by atoms with Gasteiger partial charge in [0.2, 0.25) is 0 Å². The molecule has 19 heavy (non-hydrogen) atoms. The van der Waals surface area contributed by atoms with Gasteiger partial charge in [0.25, 0.3) is 0 Å². The van der Waals surface area contributed by atoms with Crippen molar-refractivity contribution in [2.24, 2.45) is 5.92 Å². The zero-order valence-corrected chi connectivity index (χ0v) is 11.9. The van der Waals surface area contributed by atoms with Crippen molar-refractivity contribution in [3.8, 4) is 5.75 Å². The highest BCUT2D eigenvalue weighted by Crippen LogP contribution is 2.28. The Hall–Kier alpha value is -1.71. The van der Waals surface area contributed by atoms with Crippen LogP contribution in [-0.2, 0) is 4.79 Å². The minimum Gasteiger partial charge on any atom is -0.492 e. The quantitative estimate of drug-likeness (QED) is 0.785. The van der Waals surface area contributed by atoms with E-state index < -0.39 is 5.97 Å². The van der Waals surface area contributed by atoms with Crippen LogP contribution in [0.3, 0.4) is 0 Å². The Balaban J connectivity index is 2.91. The van der Waals surface area contributed by atoms with Gasteiger partial charge in [-0.3, -0.25) is 4.79 Å². The molecule has 0 aliphatic heterocycles. The van der Waals surface area contributed by atoms with Crippen LogP contribution in [0, 0.1) is 5.92 Å². The molecule has 0 saturated heterocycles. The van der Waals surface area contributed by atoms with Crippen molar-refractivity contribution in [1.29, 1.82) is 0 Å². The molecule has 0 spiro atoms. The summed E-state index contributed by atoms with van der Waals surface area (Å²) in [5, 5.41) is 8.86. The van der Waals surface area contributed by atoms with Gasteiger partial charge in [0.15, 0.2) is 0 Å². The van der Waals surface area contributed by atoms with Crippen LogP contribution < -0.4 is 9.64 Å². The molecule has 0 aliphatic carbocycles. The first-order valence-electron chi connectivity index (χ1n) is 6.73. The van der Waals surface area contributed by atoms with E-state index in [1.807, 2.05) is 31.2 Å². The second-order valence-corrected chi connectivity index (χ2v) is 4.88. The van der Waals surface area contributed by atoms with Crippen molar-refractivity contribution in [3.63, 3.8) is 0 Å². The summed E-state index contributed by atoms with van der Waals surface area (Å²) in [5.74, 6) is 0.502. The molecule has 1 rings (SSSR count). The van der Waals surface area contributed by atoms with Crippen LogP contribution in [0.1, 0.15) is 27.2 Å². The highest BCUT2D eigenvalue weighted by molar-refractivity contribution is 5.68. The molecule has 0 fully saturated rings. The van der Waals surface area contributed by atoms with Crippen LogP contribution in [0.2, 0.25) is 0 Å². The van der Waals surface area contributed by atoms with Crippen LogP contribution in [0.25, 0.3) is 0 Å². The number of anilines is 1. The molecule has 1 aromatic carbocycles. The molecule has 0 aromatic heterocycles. The maximum absolute atomic E-state index is 10.8. The molecule has 0 radical (unpaired) electrons. The van der Waals surface area contributed by atoms with Crippen molar-refractivity contribution in [2.75, 3.05) is 24.6 Å². The third-order valence-electron chi connectivity index (χ3n) is 2.69. The molecule has 0 bridgehead atoms. The molecule has 0 saturated carbocycles. The summed E-state index contributed by atoms with van der Waals surface area (Å²) in [6.45, 7) is 8.11. The average molecular weight is 265 g/mol. The molecule has 4 nitrogen and oxygen atoms in total. The van der Waals surface area contributed by atoms with E-state index in [2.05, 4.69) is 18.7 Å². The van der Waals surface area contributed by atoms with E-state index in [4.69, 9.17) is 9.84 Å². The first-order valence-corrected chi connectivity index (χ1v) is 6.73. The summed E-state index contributed by atoms with van der Waals surface area (Å²) < 4.78 is 5.62. The maximum Gasteiger partial charge on any atom is 0.305 e. The molecule has 0 atom stereocenters. The number of benzene rings is 1. The number of carboxylic acids is 1. The lowest BCUT2D eigenvalue weighted by molar-refractivity contribution is -0.136. The van der Waals surface area contributed by atoms with Crippen LogP contribution in [0.4, 0.5) is 5.69 Å². The Morgan fingerprint density at radius 2 is 2.05 bits per heavy atom. The monoisotopic (exact) mass is 265 g/mol. The van der Waals surface area contributed by atoms with Gasteiger partial charge in [-0.15, -0.1) is 0 Å². The lowest BCUT2D eigenvalue weighted by atomic mass is 10.1. The Labute approximate surface area is 115 Å². The number of rotatable bonds is 8. The molecule has 1 N–H and O–H groups in total. The summed E-state index contributed by atoms with van der Waals surface area (Å²) in [4.78, 5) is 12.9. The number of nitrogens with zero attached hydrogens (tertiary/aromatic N) is 1. The molecule has 4 heteroatoms. The van der Waals surface area contributed by atoms with Gasteiger partial charge in [-0.2, -0.15) is 0 Å². The maximum atomic E-state index is 10.8. The highest BCUT2D eigenvalue weighted by Gasteiger charge is 2.14. The van der Waals surface area contributed by atoms with Gasteiger partial charge in [0.05, 0.1) is 18.7 Å². The van der Waals surface area contributed by atoms with Gasteiger partial charge in [-0.25, -0.2) is 0 Å². The van der Waals surface area contributed by atoms with Gasteiger partial charge in [-0.05, 0) is 25.0 Å². The summed E-state index contributed by atoms with van der Waals surface area (Å²) >= 11 is 0. The number of carboxylic acid groups (broad SMARTS) is 1. The molecule has 0 aliphatic rings. The van der Waals surface area contributed by atoms with Crippen molar-refractivity contribution < 1.29 is 14.6 Å². The molecule has 0 unspecified atom stereocenters. The summed E-state index contributed by atoms with van der Waals surface area (Å²) in [7, 11) is 0. The summed E-state index contributed by atoms with van der Waals surface area (Å²) in [6, 6.07) is 7.79.